The number of hydrogen-bond donors (Lipinski definition) is 2. The maximum absolute atomic E-state index is 12.1. The molecule has 5 nitrogen and oxygen atoms in total. The molecule has 1 atom stereocenters. The first kappa shape index (κ1) is 14.8. The molecule has 1 aromatic heterocycles. The number of benzene rings is 1. The summed E-state index contributed by atoms with van der Waals surface area (Å²) in [7, 11) is -3.29. The molecule has 1 aromatic carbocycles. The summed E-state index contributed by atoms with van der Waals surface area (Å²) in [5.74, 6) is 0. The molecule has 1 saturated heterocycles. The first-order valence-corrected chi connectivity index (χ1v) is 8.80. The molecule has 0 spiro atoms. The van der Waals surface area contributed by atoms with Gasteiger partial charge in [-0.3, -0.25) is 0 Å². The largest absolute Gasteiger partial charge is 0.380 e. The number of sulfonamides is 1. The second-order valence-electron chi connectivity index (χ2n) is 5.18. The number of aromatic nitrogens is 1. The minimum Gasteiger partial charge on any atom is -0.380 e. The van der Waals surface area contributed by atoms with Crippen LogP contribution in [0.3, 0.4) is 0 Å². The molecule has 1 aliphatic heterocycles. The first-order chi connectivity index (χ1) is 10.1. The van der Waals surface area contributed by atoms with Crippen LogP contribution in [0, 0.1) is 0 Å². The maximum atomic E-state index is 12.1. The van der Waals surface area contributed by atoms with E-state index in [9.17, 15) is 8.42 Å². The lowest BCUT2D eigenvalue weighted by atomic mass is 10.1. The fourth-order valence-electron chi connectivity index (χ4n) is 2.56. The standard InChI is InChI=1S/C14H17ClN2O3S/c15-11-1-2-14-13(7-11)10(8-16-14)3-5-17-21(18,19)12-4-6-20-9-12/h1-2,7-8,12,16-17H,3-6,9H2/t12-/m0/s1. The lowest BCUT2D eigenvalue weighted by Gasteiger charge is -2.10. The van der Waals surface area contributed by atoms with Crippen molar-refractivity contribution in [3.63, 3.8) is 0 Å². The van der Waals surface area contributed by atoms with Gasteiger partial charge in [-0.15, -0.1) is 0 Å². The van der Waals surface area contributed by atoms with Gasteiger partial charge in [0.1, 0.15) is 5.25 Å². The summed E-state index contributed by atoms with van der Waals surface area (Å²) in [4.78, 5) is 3.16. The van der Waals surface area contributed by atoms with Crippen molar-refractivity contribution in [3.05, 3.63) is 35.0 Å². The third-order valence-corrected chi connectivity index (χ3v) is 5.84. The molecular formula is C14H17ClN2O3S. The maximum Gasteiger partial charge on any atom is 0.216 e. The minimum absolute atomic E-state index is 0.290. The zero-order valence-corrected chi connectivity index (χ0v) is 13.0. The van der Waals surface area contributed by atoms with Gasteiger partial charge in [-0.05, 0) is 36.6 Å². The van der Waals surface area contributed by atoms with Gasteiger partial charge in [0.05, 0.1) is 6.61 Å². The molecule has 2 aromatic rings. The second kappa shape index (κ2) is 5.96. The van der Waals surface area contributed by atoms with Gasteiger partial charge in [-0.1, -0.05) is 11.6 Å². The van der Waals surface area contributed by atoms with Gasteiger partial charge in [-0.2, -0.15) is 0 Å². The van der Waals surface area contributed by atoms with E-state index >= 15 is 0 Å². The van der Waals surface area contributed by atoms with Crippen LogP contribution in [0.1, 0.15) is 12.0 Å². The zero-order chi connectivity index (χ0) is 14.9. The van der Waals surface area contributed by atoms with Crippen molar-refractivity contribution in [3.8, 4) is 0 Å². The molecule has 2 heterocycles. The highest BCUT2D eigenvalue weighted by Gasteiger charge is 2.28. The Morgan fingerprint density at radius 2 is 2.29 bits per heavy atom. The van der Waals surface area contributed by atoms with Crippen LogP contribution in [0.5, 0.6) is 0 Å². The van der Waals surface area contributed by atoms with Gasteiger partial charge in [0, 0.05) is 35.3 Å². The van der Waals surface area contributed by atoms with Crippen LogP contribution in [-0.4, -0.2) is 38.4 Å². The highest BCUT2D eigenvalue weighted by Crippen LogP contribution is 2.22. The summed E-state index contributed by atoms with van der Waals surface area (Å²) < 4.78 is 31.9. The third kappa shape index (κ3) is 3.23. The van der Waals surface area contributed by atoms with E-state index in [0.29, 0.717) is 31.0 Å². The van der Waals surface area contributed by atoms with Gasteiger partial charge >= 0.3 is 0 Å². The summed E-state index contributed by atoms with van der Waals surface area (Å²) in [6, 6.07) is 5.64. The van der Waals surface area contributed by atoms with E-state index in [1.807, 2.05) is 24.4 Å². The minimum atomic E-state index is -3.29. The number of ether oxygens (including phenoxy) is 1. The molecule has 1 fully saturated rings. The van der Waals surface area contributed by atoms with Crippen molar-refractivity contribution in [2.45, 2.75) is 18.1 Å². The number of aromatic amines is 1. The molecule has 1 aliphatic rings. The van der Waals surface area contributed by atoms with Crippen molar-refractivity contribution in [2.75, 3.05) is 19.8 Å². The topological polar surface area (TPSA) is 71.2 Å². The predicted octanol–water partition coefficient (Wildman–Crippen LogP) is 2.07. The summed E-state index contributed by atoms with van der Waals surface area (Å²) >= 11 is 6.00. The Kier molecular flexibility index (Phi) is 4.21. The summed E-state index contributed by atoms with van der Waals surface area (Å²) in [5, 5.41) is 1.29. The molecule has 2 N–H and O–H groups in total. The number of H-pyrrole nitrogens is 1. The molecule has 114 valence electrons. The number of halogens is 1. The van der Waals surface area contributed by atoms with Crippen LogP contribution in [0.25, 0.3) is 10.9 Å². The normalized spacial score (nSPS) is 19.4. The van der Waals surface area contributed by atoms with E-state index < -0.39 is 15.3 Å². The molecule has 0 aliphatic carbocycles. The van der Waals surface area contributed by atoms with Gasteiger partial charge < -0.3 is 9.72 Å². The quantitative estimate of drug-likeness (QED) is 0.882. The lowest BCUT2D eigenvalue weighted by Crippen LogP contribution is -2.35. The molecule has 21 heavy (non-hydrogen) atoms. The van der Waals surface area contributed by atoms with Crippen LogP contribution < -0.4 is 4.72 Å². The Morgan fingerprint density at radius 1 is 1.43 bits per heavy atom. The van der Waals surface area contributed by atoms with E-state index in [1.54, 1.807) is 0 Å². The van der Waals surface area contributed by atoms with E-state index in [2.05, 4.69) is 9.71 Å². The SMILES string of the molecule is O=S(=O)(NCCc1c[nH]c2ccc(Cl)cc12)[C@H]1CCOC1. The Hall–Kier alpha value is -1.08. The molecule has 0 unspecified atom stereocenters. The van der Waals surface area contributed by atoms with Crippen LogP contribution in [-0.2, 0) is 21.2 Å². The Bertz CT molecular complexity index is 736. The van der Waals surface area contributed by atoms with Crippen molar-refractivity contribution in [2.24, 2.45) is 0 Å². The smallest absolute Gasteiger partial charge is 0.216 e. The first-order valence-electron chi connectivity index (χ1n) is 6.88. The van der Waals surface area contributed by atoms with Gasteiger partial charge in [-0.25, -0.2) is 13.1 Å². The summed E-state index contributed by atoms with van der Waals surface area (Å²) in [6.45, 7) is 1.18. The number of nitrogens with one attached hydrogen (secondary N) is 2. The Morgan fingerprint density at radius 3 is 3.05 bits per heavy atom. The average Bonchev–Trinajstić information content (AvgIpc) is 3.08. The Labute approximate surface area is 128 Å². The molecule has 7 heteroatoms. The van der Waals surface area contributed by atoms with Crippen LogP contribution in [0.2, 0.25) is 5.02 Å². The molecular weight excluding hydrogens is 312 g/mol. The van der Waals surface area contributed by atoms with Crippen LogP contribution in [0.15, 0.2) is 24.4 Å². The molecule has 0 amide bonds. The van der Waals surface area contributed by atoms with E-state index in [-0.39, 0.29) is 6.61 Å². The highest BCUT2D eigenvalue weighted by atomic mass is 35.5. The zero-order valence-electron chi connectivity index (χ0n) is 11.4. The summed E-state index contributed by atoms with van der Waals surface area (Å²) in [5.41, 5.74) is 2.05. The third-order valence-electron chi connectivity index (χ3n) is 3.75. The fourth-order valence-corrected chi connectivity index (χ4v) is 4.04. The highest BCUT2D eigenvalue weighted by molar-refractivity contribution is 7.90. The molecule has 3 rings (SSSR count). The van der Waals surface area contributed by atoms with Gasteiger partial charge in [0.2, 0.25) is 10.0 Å². The van der Waals surface area contributed by atoms with Crippen molar-refractivity contribution >= 4 is 32.5 Å². The monoisotopic (exact) mass is 328 g/mol. The predicted molar refractivity (Wildman–Crippen MR) is 83.2 cm³/mol. The number of fused-ring (bicyclic) bond motifs is 1. The van der Waals surface area contributed by atoms with E-state index in [1.165, 1.54) is 0 Å². The fraction of sp³-hybridized carbons (Fsp3) is 0.429. The average molecular weight is 329 g/mol. The van der Waals surface area contributed by atoms with Crippen molar-refractivity contribution in [1.82, 2.24) is 9.71 Å². The molecule has 0 saturated carbocycles. The second-order valence-corrected chi connectivity index (χ2v) is 7.66. The molecule has 0 radical (unpaired) electrons. The van der Waals surface area contributed by atoms with E-state index in [0.717, 1.165) is 16.5 Å². The van der Waals surface area contributed by atoms with Crippen molar-refractivity contribution < 1.29 is 13.2 Å². The number of hydrogen-bond acceptors (Lipinski definition) is 3. The van der Waals surface area contributed by atoms with Gasteiger partial charge in [0.15, 0.2) is 0 Å². The Balaban J connectivity index is 1.65. The van der Waals surface area contributed by atoms with Crippen molar-refractivity contribution in [1.29, 1.82) is 0 Å². The van der Waals surface area contributed by atoms with Gasteiger partial charge in [0.25, 0.3) is 0 Å². The summed E-state index contributed by atoms with van der Waals surface area (Å²) in [6.07, 6.45) is 3.08. The van der Waals surface area contributed by atoms with Crippen LogP contribution >= 0.6 is 11.6 Å². The van der Waals surface area contributed by atoms with Crippen LogP contribution in [0.4, 0.5) is 0 Å². The lowest BCUT2D eigenvalue weighted by molar-refractivity contribution is 0.198. The molecule has 0 bridgehead atoms. The van der Waals surface area contributed by atoms with E-state index in [4.69, 9.17) is 16.3 Å². The number of rotatable bonds is 5.